The lowest BCUT2D eigenvalue weighted by Gasteiger charge is -2.40. The lowest BCUT2D eigenvalue weighted by Crippen LogP contribution is -2.50. The molecule has 2 saturated heterocycles. The van der Waals surface area contributed by atoms with Crippen LogP contribution in [0.3, 0.4) is 0 Å². The first kappa shape index (κ1) is 16.2. The molecule has 0 amide bonds. The first-order chi connectivity index (χ1) is 11.9. The van der Waals surface area contributed by atoms with Gasteiger partial charge in [0.25, 0.3) is 0 Å². The van der Waals surface area contributed by atoms with Crippen molar-refractivity contribution in [3.8, 4) is 0 Å². The van der Waals surface area contributed by atoms with E-state index in [9.17, 15) is 0 Å². The number of fused-ring (bicyclic) bond motifs is 1. The second-order valence-corrected chi connectivity index (χ2v) is 7.77. The minimum absolute atomic E-state index is 0.378. The van der Waals surface area contributed by atoms with Crippen LogP contribution in [-0.2, 0) is 17.8 Å². The summed E-state index contributed by atoms with van der Waals surface area (Å²) in [6.45, 7) is 6.25. The van der Waals surface area contributed by atoms with E-state index >= 15 is 0 Å². The molecule has 0 bridgehead atoms. The molecule has 0 saturated carbocycles. The second-order valence-electron chi connectivity index (χ2n) is 6.74. The Labute approximate surface area is 148 Å². The minimum atomic E-state index is 0.378. The normalized spacial score (nSPS) is 26.0. The average molecular weight is 343 g/mol. The van der Waals surface area contributed by atoms with Crippen LogP contribution in [-0.4, -0.2) is 53.2 Å². The first-order valence-corrected chi connectivity index (χ1v) is 9.76. The van der Waals surface area contributed by atoms with E-state index in [0.717, 1.165) is 45.8 Å². The predicted molar refractivity (Wildman–Crippen MR) is 97.0 cm³/mol. The zero-order valence-electron chi connectivity index (χ0n) is 14.0. The summed E-state index contributed by atoms with van der Waals surface area (Å²) in [7, 11) is 0. The fraction of sp³-hybridized carbons (Fsp3) is 0.526. The Morgan fingerprint density at radius 1 is 1.12 bits per heavy atom. The van der Waals surface area contributed by atoms with Gasteiger partial charge in [-0.25, -0.2) is 0 Å². The van der Waals surface area contributed by atoms with Gasteiger partial charge in [-0.2, -0.15) is 0 Å². The van der Waals surface area contributed by atoms with Crippen LogP contribution in [0.5, 0.6) is 0 Å². The van der Waals surface area contributed by atoms with Crippen LogP contribution >= 0.6 is 11.3 Å². The third-order valence-corrected chi connectivity index (χ3v) is 6.01. The molecule has 2 atom stereocenters. The molecule has 0 unspecified atom stereocenters. The second kappa shape index (κ2) is 7.74. The van der Waals surface area contributed by atoms with Crippen LogP contribution in [0.2, 0.25) is 0 Å². The molecule has 128 valence electrons. The number of hydrogen-bond acceptors (Lipinski definition) is 5. The third-order valence-electron chi connectivity index (χ3n) is 5.15. The molecule has 2 aliphatic heterocycles. The van der Waals surface area contributed by atoms with E-state index in [-0.39, 0.29) is 0 Å². The van der Waals surface area contributed by atoms with E-state index in [1.54, 1.807) is 0 Å². The van der Waals surface area contributed by atoms with E-state index in [0.29, 0.717) is 12.1 Å². The molecule has 2 fully saturated rings. The molecular formula is C19H25N3OS. The average Bonchev–Trinajstić information content (AvgIpc) is 3.03. The summed E-state index contributed by atoms with van der Waals surface area (Å²) >= 11 is 1.86. The summed E-state index contributed by atoms with van der Waals surface area (Å²) in [4.78, 5) is 10.9. The van der Waals surface area contributed by atoms with Crippen molar-refractivity contribution in [2.24, 2.45) is 0 Å². The van der Waals surface area contributed by atoms with Crippen LogP contribution in [0.25, 0.3) is 0 Å². The third kappa shape index (κ3) is 3.86. The number of hydrogen-bond donors (Lipinski definition) is 0. The van der Waals surface area contributed by atoms with E-state index < -0.39 is 0 Å². The van der Waals surface area contributed by atoms with Gasteiger partial charge in [0.05, 0.1) is 12.7 Å². The van der Waals surface area contributed by atoms with Gasteiger partial charge in [-0.1, -0.05) is 12.1 Å². The predicted octanol–water partition coefficient (Wildman–Crippen LogP) is 3.01. The Kier molecular flexibility index (Phi) is 5.23. The summed E-state index contributed by atoms with van der Waals surface area (Å²) in [5.74, 6) is 0. The van der Waals surface area contributed by atoms with Crippen LogP contribution in [0, 0.1) is 0 Å². The highest BCUT2D eigenvalue weighted by molar-refractivity contribution is 7.09. The van der Waals surface area contributed by atoms with E-state index in [4.69, 9.17) is 4.74 Å². The molecule has 0 aromatic carbocycles. The molecule has 2 aromatic heterocycles. The summed E-state index contributed by atoms with van der Waals surface area (Å²) in [6.07, 6.45) is 6.55. The van der Waals surface area contributed by atoms with Gasteiger partial charge in [-0.15, -0.1) is 11.3 Å². The molecule has 0 radical (unpaired) electrons. The van der Waals surface area contributed by atoms with Gasteiger partial charge in [0.1, 0.15) is 0 Å². The highest BCUT2D eigenvalue weighted by Crippen LogP contribution is 2.26. The maximum absolute atomic E-state index is 6.13. The van der Waals surface area contributed by atoms with Crippen LogP contribution in [0.4, 0.5) is 0 Å². The minimum Gasteiger partial charge on any atom is -0.375 e. The van der Waals surface area contributed by atoms with E-state index in [1.807, 2.05) is 29.8 Å². The Morgan fingerprint density at radius 3 is 2.92 bits per heavy atom. The van der Waals surface area contributed by atoms with Gasteiger partial charge in [0, 0.05) is 56.0 Å². The quantitative estimate of drug-likeness (QED) is 0.853. The molecular weight excluding hydrogens is 318 g/mol. The van der Waals surface area contributed by atoms with Gasteiger partial charge in [0.2, 0.25) is 0 Å². The maximum Gasteiger partial charge on any atom is 0.0743 e. The standard InChI is InChI=1S/C19H25N3OS/c1-3-16(13-20-7-1)14-22-10-11-23-19-6-9-21(8-5-18(19)22)15-17-4-2-12-24-17/h1-4,7,12-13,18-19H,5-6,8-11,14-15H2/t18-,19+/m1/s1. The Hall–Kier alpha value is -1.27. The highest BCUT2D eigenvalue weighted by Gasteiger charge is 2.34. The zero-order valence-corrected chi connectivity index (χ0v) is 14.8. The molecule has 5 heteroatoms. The lowest BCUT2D eigenvalue weighted by atomic mass is 10.0. The number of nitrogens with zero attached hydrogens (tertiary/aromatic N) is 3. The first-order valence-electron chi connectivity index (χ1n) is 8.88. The number of pyridine rings is 1. The maximum atomic E-state index is 6.13. The zero-order chi connectivity index (χ0) is 16.2. The summed E-state index contributed by atoms with van der Waals surface area (Å²) in [5.41, 5.74) is 1.30. The monoisotopic (exact) mass is 343 g/mol. The summed E-state index contributed by atoms with van der Waals surface area (Å²) in [5, 5.41) is 2.17. The summed E-state index contributed by atoms with van der Waals surface area (Å²) < 4.78 is 6.13. The van der Waals surface area contributed by atoms with Gasteiger partial charge in [-0.05, 0) is 35.9 Å². The molecule has 2 aliphatic rings. The van der Waals surface area contributed by atoms with Crippen molar-refractivity contribution < 1.29 is 4.74 Å². The van der Waals surface area contributed by atoms with E-state index in [2.05, 4.69) is 38.4 Å². The molecule has 24 heavy (non-hydrogen) atoms. The number of morpholine rings is 1. The fourth-order valence-corrected chi connectivity index (χ4v) is 4.66. The molecule has 2 aromatic rings. The van der Waals surface area contributed by atoms with Crippen molar-refractivity contribution in [2.45, 2.75) is 38.1 Å². The van der Waals surface area contributed by atoms with Crippen molar-refractivity contribution in [1.29, 1.82) is 0 Å². The number of aromatic nitrogens is 1. The lowest BCUT2D eigenvalue weighted by molar-refractivity contribution is -0.0747. The molecule has 0 spiro atoms. The van der Waals surface area contributed by atoms with Crippen molar-refractivity contribution in [2.75, 3.05) is 26.2 Å². The Morgan fingerprint density at radius 2 is 2.08 bits per heavy atom. The number of ether oxygens (including phenoxy) is 1. The molecule has 4 heterocycles. The fourth-order valence-electron chi connectivity index (χ4n) is 3.92. The van der Waals surface area contributed by atoms with Crippen molar-refractivity contribution in [1.82, 2.24) is 14.8 Å². The van der Waals surface area contributed by atoms with Crippen LogP contribution in [0.15, 0.2) is 42.0 Å². The molecule has 0 aliphatic carbocycles. The Bertz CT molecular complexity index is 619. The van der Waals surface area contributed by atoms with Crippen LogP contribution < -0.4 is 0 Å². The van der Waals surface area contributed by atoms with Gasteiger partial charge in [-0.3, -0.25) is 14.8 Å². The number of likely N-dealkylation sites (tertiary alicyclic amines) is 1. The topological polar surface area (TPSA) is 28.6 Å². The highest BCUT2D eigenvalue weighted by atomic mass is 32.1. The van der Waals surface area contributed by atoms with Crippen LogP contribution in [0.1, 0.15) is 23.3 Å². The van der Waals surface area contributed by atoms with Crippen molar-refractivity contribution >= 4 is 11.3 Å². The SMILES string of the molecule is c1cncc(CN2CCO[C@H]3CCN(Cc4cccs4)CC[C@H]32)c1. The smallest absolute Gasteiger partial charge is 0.0743 e. The summed E-state index contributed by atoms with van der Waals surface area (Å²) in [6, 6.07) is 9.14. The van der Waals surface area contributed by atoms with Gasteiger partial charge in [0.15, 0.2) is 0 Å². The molecule has 4 rings (SSSR count). The van der Waals surface area contributed by atoms with Crippen molar-refractivity contribution in [3.05, 3.63) is 52.5 Å². The molecule has 4 nitrogen and oxygen atoms in total. The van der Waals surface area contributed by atoms with Gasteiger partial charge < -0.3 is 4.74 Å². The molecule has 0 N–H and O–H groups in total. The largest absolute Gasteiger partial charge is 0.375 e. The van der Waals surface area contributed by atoms with Crippen molar-refractivity contribution in [3.63, 3.8) is 0 Å². The van der Waals surface area contributed by atoms with E-state index in [1.165, 1.54) is 16.9 Å². The van der Waals surface area contributed by atoms with Gasteiger partial charge >= 0.3 is 0 Å². The number of rotatable bonds is 4. The number of thiophene rings is 1. The Balaban J connectivity index is 1.40.